The summed E-state index contributed by atoms with van der Waals surface area (Å²) >= 11 is 0. The van der Waals surface area contributed by atoms with Crippen LogP contribution in [-0.2, 0) is 0 Å². The predicted octanol–water partition coefficient (Wildman–Crippen LogP) is 2.03. The zero-order chi connectivity index (χ0) is 20.2. The second kappa shape index (κ2) is 8.73. The van der Waals surface area contributed by atoms with Gasteiger partial charge in [0.25, 0.3) is 0 Å². The van der Waals surface area contributed by atoms with Gasteiger partial charge < -0.3 is 14.7 Å². The molecule has 2 aliphatic rings. The zero-order valence-electron chi connectivity index (χ0n) is 16.2. The zero-order valence-corrected chi connectivity index (χ0v) is 16.2. The summed E-state index contributed by atoms with van der Waals surface area (Å²) in [5, 5.41) is 19.9. The van der Waals surface area contributed by atoms with E-state index < -0.39 is 11.9 Å². The minimum absolute atomic E-state index is 0.244. The van der Waals surface area contributed by atoms with Crippen LogP contribution in [0.3, 0.4) is 0 Å². The lowest BCUT2D eigenvalue weighted by atomic mass is 9.85. The summed E-state index contributed by atoms with van der Waals surface area (Å²) in [4.78, 5) is 14.9. The molecule has 9 nitrogen and oxygen atoms in total. The number of benzene rings is 1. The molecule has 2 aromatic rings. The van der Waals surface area contributed by atoms with Crippen molar-refractivity contribution in [1.82, 2.24) is 30.0 Å². The molecule has 1 N–H and O–H groups in total. The number of nitrogens with zero attached hydrogens (tertiary/aromatic N) is 6. The highest BCUT2D eigenvalue weighted by atomic mass is 19.1. The number of hydrogen-bond donors (Lipinski definition) is 1. The third-order valence-electron chi connectivity index (χ3n) is 5.92. The van der Waals surface area contributed by atoms with Gasteiger partial charge in [-0.15, -0.1) is 5.10 Å². The van der Waals surface area contributed by atoms with Gasteiger partial charge >= 0.3 is 6.09 Å². The number of carboxylic acid groups (broad SMARTS) is 1. The number of hydrogen-bond acceptors (Lipinski definition) is 6. The van der Waals surface area contributed by atoms with Crippen molar-refractivity contribution in [2.45, 2.75) is 31.7 Å². The van der Waals surface area contributed by atoms with Gasteiger partial charge in [-0.3, -0.25) is 4.90 Å². The summed E-state index contributed by atoms with van der Waals surface area (Å²) in [6, 6.07) is 5.20. The van der Waals surface area contributed by atoms with Crippen LogP contribution in [0.1, 0.15) is 25.7 Å². The normalized spacial score (nSPS) is 23.1. The Morgan fingerprint density at radius 3 is 2.55 bits per heavy atom. The van der Waals surface area contributed by atoms with Crippen molar-refractivity contribution < 1.29 is 19.0 Å². The lowest BCUT2D eigenvalue weighted by Crippen LogP contribution is -2.52. The molecule has 29 heavy (non-hydrogen) atoms. The van der Waals surface area contributed by atoms with E-state index in [0.717, 1.165) is 38.8 Å². The van der Waals surface area contributed by atoms with Crippen LogP contribution >= 0.6 is 0 Å². The van der Waals surface area contributed by atoms with Crippen molar-refractivity contribution in [3.05, 3.63) is 30.3 Å². The van der Waals surface area contributed by atoms with E-state index in [-0.39, 0.29) is 5.75 Å². The van der Waals surface area contributed by atoms with Gasteiger partial charge in [0.1, 0.15) is 6.33 Å². The van der Waals surface area contributed by atoms with Gasteiger partial charge in [0.15, 0.2) is 11.6 Å². The quantitative estimate of drug-likeness (QED) is 0.814. The van der Waals surface area contributed by atoms with E-state index in [9.17, 15) is 9.18 Å². The molecule has 1 aromatic heterocycles. The summed E-state index contributed by atoms with van der Waals surface area (Å²) < 4.78 is 21.5. The van der Waals surface area contributed by atoms with Gasteiger partial charge in [-0.05, 0) is 54.2 Å². The summed E-state index contributed by atoms with van der Waals surface area (Å²) in [5.74, 6) is 0.224. The first-order chi connectivity index (χ1) is 14.1. The first kappa shape index (κ1) is 19.6. The van der Waals surface area contributed by atoms with Crippen LogP contribution in [-0.4, -0.2) is 80.0 Å². The number of aromatic nitrogens is 4. The van der Waals surface area contributed by atoms with Gasteiger partial charge in [-0.1, -0.05) is 0 Å². The van der Waals surface area contributed by atoms with Crippen molar-refractivity contribution in [2.75, 3.05) is 32.8 Å². The Hall–Kier alpha value is -2.75. The van der Waals surface area contributed by atoms with Crippen molar-refractivity contribution >= 4 is 6.09 Å². The maximum atomic E-state index is 14.3. The van der Waals surface area contributed by atoms with E-state index in [1.54, 1.807) is 12.1 Å². The molecule has 156 valence electrons. The lowest BCUT2D eigenvalue weighted by Gasteiger charge is -2.41. The Labute approximate surface area is 168 Å². The molecule has 0 bridgehead atoms. The van der Waals surface area contributed by atoms with Gasteiger partial charge in [-0.25, -0.2) is 13.9 Å². The molecule has 0 unspecified atom stereocenters. The molecule has 0 radical (unpaired) electrons. The molecule has 1 amide bonds. The SMILES string of the molecule is O=C(O)N1CCN([C@H]2CC[C@H](COc3ccc(-n4cnnn4)cc3F)CC2)CC1. The number of carbonyl (C=O) groups is 1. The summed E-state index contributed by atoms with van der Waals surface area (Å²) in [6.45, 7) is 3.27. The topological polar surface area (TPSA) is 96.6 Å². The largest absolute Gasteiger partial charge is 0.490 e. The highest BCUT2D eigenvalue weighted by Gasteiger charge is 2.29. The summed E-state index contributed by atoms with van der Waals surface area (Å²) in [6.07, 6.45) is 4.80. The molecule has 0 spiro atoms. The number of ether oxygens (including phenoxy) is 1. The minimum Gasteiger partial charge on any atom is -0.490 e. The predicted molar refractivity (Wildman–Crippen MR) is 102 cm³/mol. The van der Waals surface area contributed by atoms with E-state index in [1.807, 2.05) is 0 Å². The molecule has 1 saturated carbocycles. The molecule has 1 aromatic carbocycles. The fourth-order valence-corrected chi connectivity index (χ4v) is 4.19. The second-order valence-electron chi connectivity index (χ2n) is 7.66. The summed E-state index contributed by atoms with van der Waals surface area (Å²) in [5.41, 5.74) is 0.545. The first-order valence-electron chi connectivity index (χ1n) is 9.98. The Balaban J connectivity index is 1.23. The number of amides is 1. The Bertz CT molecular complexity index is 817. The van der Waals surface area contributed by atoms with Gasteiger partial charge in [0, 0.05) is 38.3 Å². The molecule has 1 saturated heterocycles. The first-order valence-corrected chi connectivity index (χ1v) is 9.98. The van der Waals surface area contributed by atoms with Crippen LogP contribution in [0.2, 0.25) is 0 Å². The standard InChI is InChI=1S/C19H25FN6O3/c20-17-11-16(26-13-21-22-23-26)5-6-18(17)29-12-14-1-3-15(4-2-14)24-7-9-25(10-8-24)19(27)28/h5-6,11,13-15H,1-4,7-10,12H2,(H,27,28)/t14-,15-. The average molecular weight is 404 g/mol. The molecule has 0 atom stereocenters. The Kier molecular flexibility index (Phi) is 5.89. The van der Waals surface area contributed by atoms with Crippen molar-refractivity contribution in [3.8, 4) is 11.4 Å². The lowest BCUT2D eigenvalue weighted by molar-refractivity contribution is 0.0616. The number of rotatable bonds is 5. The summed E-state index contributed by atoms with van der Waals surface area (Å²) in [7, 11) is 0. The fourth-order valence-electron chi connectivity index (χ4n) is 4.19. The number of piperazine rings is 1. The second-order valence-corrected chi connectivity index (χ2v) is 7.66. The van der Waals surface area contributed by atoms with E-state index in [1.165, 1.54) is 22.0 Å². The van der Waals surface area contributed by atoms with E-state index in [4.69, 9.17) is 9.84 Å². The highest BCUT2D eigenvalue weighted by Crippen LogP contribution is 2.29. The minimum atomic E-state index is -0.830. The van der Waals surface area contributed by atoms with Gasteiger partial charge in [-0.2, -0.15) is 0 Å². The Morgan fingerprint density at radius 1 is 1.17 bits per heavy atom. The Morgan fingerprint density at radius 2 is 1.93 bits per heavy atom. The van der Waals surface area contributed by atoms with E-state index >= 15 is 0 Å². The third kappa shape index (κ3) is 4.64. The molecular weight excluding hydrogens is 379 g/mol. The van der Waals surface area contributed by atoms with Crippen LogP contribution in [0.4, 0.5) is 9.18 Å². The number of tetrazole rings is 1. The van der Waals surface area contributed by atoms with Crippen LogP contribution in [0.25, 0.3) is 5.69 Å². The highest BCUT2D eigenvalue weighted by molar-refractivity contribution is 5.65. The van der Waals surface area contributed by atoms with E-state index in [0.29, 0.717) is 37.3 Å². The van der Waals surface area contributed by atoms with Crippen molar-refractivity contribution in [3.63, 3.8) is 0 Å². The number of halogens is 1. The third-order valence-corrected chi connectivity index (χ3v) is 5.92. The molecule has 2 fully saturated rings. The average Bonchev–Trinajstić information content (AvgIpc) is 3.28. The van der Waals surface area contributed by atoms with Crippen LogP contribution < -0.4 is 4.74 Å². The molecule has 4 rings (SSSR count). The molecule has 1 aliphatic heterocycles. The molecular formula is C19H25FN6O3. The monoisotopic (exact) mass is 404 g/mol. The van der Waals surface area contributed by atoms with Gasteiger partial charge in [0.05, 0.1) is 12.3 Å². The van der Waals surface area contributed by atoms with E-state index in [2.05, 4.69) is 20.4 Å². The fraction of sp³-hybridized carbons (Fsp3) is 0.579. The molecule has 10 heteroatoms. The molecule has 2 heterocycles. The molecule has 1 aliphatic carbocycles. The van der Waals surface area contributed by atoms with Crippen LogP contribution in [0.15, 0.2) is 24.5 Å². The maximum Gasteiger partial charge on any atom is 0.407 e. The van der Waals surface area contributed by atoms with Crippen molar-refractivity contribution in [1.29, 1.82) is 0 Å². The van der Waals surface area contributed by atoms with Gasteiger partial charge in [0.2, 0.25) is 0 Å². The van der Waals surface area contributed by atoms with Crippen molar-refractivity contribution in [2.24, 2.45) is 5.92 Å². The maximum absolute atomic E-state index is 14.3. The van der Waals surface area contributed by atoms with Crippen LogP contribution in [0, 0.1) is 11.7 Å². The smallest absolute Gasteiger partial charge is 0.407 e. The van der Waals surface area contributed by atoms with Crippen LogP contribution in [0.5, 0.6) is 5.75 Å².